The number of benzene rings is 2. The van der Waals surface area contributed by atoms with E-state index in [0.29, 0.717) is 23.0 Å². The molecule has 3 heterocycles. The van der Waals surface area contributed by atoms with E-state index in [4.69, 9.17) is 21.1 Å². The van der Waals surface area contributed by atoms with Gasteiger partial charge in [-0.1, -0.05) is 29.8 Å². The third-order valence-electron chi connectivity index (χ3n) is 7.18. The smallest absolute Gasteiger partial charge is 0.336 e. The molecule has 0 spiro atoms. The van der Waals surface area contributed by atoms with Crippen molar-refractivity contribution in [3.05, 3.63) is 64.2 Å². The average molecular weight is 442 g/mol. The van der Waals surface area contributed by atoms with Crippen LogP contribution in [0.5, 0.6) is 5.75 Å². The molecule has 31 heavy (non-hydrogen) atoms. The van der Waals surface area contributed by atoms with Crippen LogP contribution in [-0.2, 0) is 11.3 Å². The van der Waals surface area contributed by atoms with Gasteiger partial charge in [-0.2, -0.15) is 0 Å². The Morgan fingerprint density at radius 2 is 2.06 bits per heavy atom. The third kappa shape index (κ3) is 3.84. The van der Waals surface area contributed by atoms with Gasteiger partial charge in [0, 0.05) is 36.1 Å². The Morgan fingerprint density at radius 3 is 2.87 bits per heavy atom. The Bertz CT molecular complexity index is 1010. The fourth-order valence-electron chi connectivity index (χ4n) is 5.61. The molecule has 4 atom stereocenters. The largest absolute Gasteiger partial charge is 0.487 e. The number of carbonyl (C=O) groups is 1. The molecule has 2 aromatic carbocycles. The van der Waals surface area contributed by atoms with Crippen LogP contribution in [0.3, 0.4) is 0 Å². The van der Waals surface area contributed by atoms with Crippen molar-refractivity contribution in [2.45, 2.75) is 51.0 Å². The first-order valence-electron chi connectivity index (χ1n) is 11.0. The van der Waals surface area contributed by atoms with Gasteiger partial charge in [0.05, 0.1) is 17.8 Å². The summed E-state index contributed by atoms with van der Waals surface area (Å²) in [6, 6.07) is 13.1. The van der Waals surface area contributed by atoms with Crippen molar-refractivity contribution in [2.75, 3.05) is 13.1 Å². The van der Waals surface area contributed by atoms with Crippen LogP contribution in [0.4, 0.5) is 0 Å². The lowest BCUT2D eigenvalue weighted by molar-refractivity contribution is -0.187. The summed E-state index contributed by atoms with van der Waals surface area (Å²) in [6.45, 7) is 6.75. The molecule has 1 N–H and O–H groups in total. The van der Waals surface area contributed by atoms with E-state index in [-0.39, 0.29) is 23.7 Å². The van der Waals surface area contributed by atoms with E-state index in [1.165, 1.54) is 0 Å². The summed E-state index contributed by atoms with van der Waals surface area (Å²) >= 11 is 6.29. The minimum absolute atomic E-state index is 0.00186. The molecule has 3 aliphatic heterocycles. The van der Waals surface area contributed by atoms with Crippen LogP contribution in [0, 0.1) is 11.8 Å². The average Bonchev–Trinajstić information content (AvgIpc) is 2.73. The SMILES string of the molecule is CC1(C)Oc2ccc(Cl)cc2[C@H]2O[C@H]3CCN(Cc4ccccc4C(=O)O)C[C@H]3C[C@@H]21. The third-order valence-corrected chi connectivity index (χ3v) is 7.41. The van der Waals surface area contributed by atoms with Gasteiger partial charge in [-0.05, 0) is 62.4 Å². The summed E-state index contributed by atoms with van der Waals surface area (Å²) in [7, 11) is 0. The van der Waals surface area contributed by atoms with E-state index in [2.05, 4.69) is 18.7 Å². The minimum atomic E-state index is -0.868. The van der Waals surface area contributed by atoms with Crippen LogP contribution in [0.1, 0.15) is 54.3 Å². The molecule has 6 heteroatoms. The van der Waals surface area contributed by atoms with Gasteiger partial charge in [0.25, 0.3) is 0 Å². The van der Waals surface area contributed by atoms with Crippen molar-refractivity contribution in [3.8, 4) is 5.75 Å². The van der Waals surface area contributed by atoms with E-state index in [1.807, 2.05) is 30.3 Å². The molecule has 0 unspecified atom stereocenters. The summed E-state index contributed by atoms with van der Waals surface area (Å²) in [5, 5.41) is 10.2. The van der Waals surface area contributed by atoms with Gasteiger partial charge in [-0.25, -0.2) is 4.79 Å². The van der Waals surface area contributed by atoms with E-state index < -0.39 is 5.97 Å². The molecular formula is C25H28ClNO4. The Hall–Kier alpha value is -2.08. The second kappa shape index (κ2) is 7.80. The fraction of sp³-hybridized carbons (Fsp3) is 0.480. The van der Waals surface area contributed by atoms with Gasteiger partial charge < -0.3 is 14.6 Å². The molecule has 2 aromatic rings. The highest BCUT2D eigenvalue weighted by Gasteiger charge is 2.51. The Kier molecular flexibility index (Phi) is 5.24. The molecule has 0 aliphatic carbocycles. The van der Waals surface area contributed by atoms with Crippen molar-refractivity contribution >= 4 is 17.6 Å². The lowest BCUT2D eigenvalue weighted by Gasteiger charge is -2.53. The lowest BCUT2D eigenvalue weighted by atomic mass is 9.70. The Balaban J connectivity index is 1.35. The predicted molar refractivity (Wildman–Crippen MR) is 119 cm³/mol. The van der Waals surface area contributed by atoms with Crippen molar-refractivity contribution in [1.82, 2.24) is 4.90 Å². The standard InChI is InChI=1S/C25H28ClNO4/c1-25(2)20-11-16-14-27(13-15-5-3-4-6-18(15)24(28)29)10-9-21(16)30-23(20)19-12-17(26)7-8-22(19)31-25/h3-8,12,16,20-21,23H,9-11,13-14H2,1-2H3,(H,28,29)/t16-,20+,21+,23-/m1/s1. The molecule has 0 radical (unpaired) electrons. The topological polar surface area (TPSA) is 59.0 Å². The molecule has 5 nitrogen and oxygen atoms in total. The number of nitrogens with zero attached hydrogens (tertiary/aromatic N) is 1. The first-order chi connectivity index (χ1) is 14.8. The minimum Gasteiger partial charge on any atom is -0.487 e. The second-order valence-corrected chi connectivity index (χ2v) is 10.0. The molecule has 2 saturated heterocycles. The molecule has 2 fully saturated rings. The first kappa shape index (κ1) is 20.8. The number of ether oxygens (including phenoxy) is 2. The van der Waals surface area contributed by atoms with Gasteiger partial charge in [-0.15, -0.1) is 0 Å². The number of carboxylic acids is 1. The van der Waals surface area contributed by atoms with E-state index in [0.717, 1.165) is 42.8 Å². The number of halogens is 1. The highest BCUT2D eigenvalue weighted by atomic mass is 35.5. The number of aromatic carboxylic acids is 1. The number of carboxylic acid groups (broad SMARTS) is 1. The van der Waals surface area contributed by atoms with Crippen molar-refractivity contribution in [1.29, 1.82) is 0 Å². The number of fused-ring (bicyclic) bond motifs is 4. The van der Waals surface area contributed by atoms with Crippen molar-refractivity contribution in [3.63, 3.8) is 0 Å². The maximum Gasteiger partial charge on any atom is 0.336 e. The van der Waals surface area contributed by atoms with Gasteiger partial charge in [-0.3, -0.25) is 4.90 Å². The van der Waals surface area contributed by atoms with Crippen LogP contribution in [0.15, 0.2) is 42.5 Å². The number of piperidine rings is 1. The zero-order valence-electron chi connectivity index (χ0n) is 17.9. The number of hydrogen-bond donors (Lipinski definition) is 1. The summed E-state index contributed by atoms with van der Waals surface area (Å²) in [5.41, 5.74) is 2.00. The fourth-order valence-corrected chi connectivity index (χ4v) is 5.79. The number of likely N-dealkylation sites (tertiary alicyclic amines) is 1. The normalized spacial score (nSPS) is 29.3. The summed E-state index contributed by atoms with van der Waals surface area (Å²) in [5.74, 6) is 0.645. The van der Waals surface area contributed by atoms with Crippen molar-refractivity contribution in [2.24, 2.45) is 11.8 Å². The van der Waals surface area contributed by atoms with Crippen LogP contribution in [0.2, 0.25) is 5.02 Å². The summed E-state index contributed by atoms with van der Waals surface area (Å²) in [6.07, 6.45) is 2.16. The van der Waals surface area contributed by atoms with Crippen molar-refractivity contribution < 1.29 is 19.4 Å². The maximum absolute atomic E-state index is 11.6. The monoisotopic (exact) mass is 441 g/mol. The quantitative estimate of drug-likeness (QED) is 0.711. The van der Waals surface area contributed by atoms with Crippen LogP contribution in [0.25, 0.3) is 0 Å². The number of rotatable bonds is 3. The molecule has 3 aliphatic rings. The maximum atomic E-state index is 11.6. The first-order valence-corrected chi connectivity index (χ1v) is 11.4. The van der Waals surface area contributed by atoms with E-state index >= 15 is 0 Å². The molecule has 0 bridgehead atoms. The van der Waals surface area contributed by atoms with Crippen LogP contribution >= 0.6 is 11.6 Å². The highest BCUT2D eigenvalue weighted by molar-refractivity contribution is 6.30. The summed E-state index contributed by atoms with van der Waals surface area (Å²) < 4.78 is 13.1. The number of hydrogen-bond acceptors (Lipinski definition) is 4. The van der Waals surface area contributed by atoms with Gasteiger partial charge in [0.1, 0.15) is 11.4 Å². The van der Waals surface area contributed by atoms with E-state index in [9.17, 15) is 9.90 Å². The van der Waals surface area contributed by atoms with Gasteiger partial charge >= 0.3 is 5.97 Å². The molecule has 5 rings (SSSR count). The predicted octanol–water partition coefficient (Wildman–Crippen LogP) is 5.18. The van der Waals surface area contributed by atoms with Gasteiger partial charge in [0.2, 0.25) is 0 Å². The second-order valence-electron chi connectivity index (χ2n) is 9.57. The van der Waals surface area contributed by atoms with Crippen LogP contribution < -0.4 is 4.74 Å². The Labute approximate surface area is 187 Å². The highest BCUT2D eigenvalue weighted by Crippen LogP contribution is 2.53. The lowest BCUT2D eigenvalue weighted by Crippen LogP contribution is -2.55. The molecule has 0 aromatic heterocycles. The van der Waals surface area contributed by atoms with Crippen LogP contribution in [-0.4, -0.2) is 40.8 Å². The molecule has 0 amide bonds. The summed E-state index contributed by atoms with van der Waals surface area (Å²) in [4.78, 5) is 14.0. The van der Waals surface area contributed by atoms with Gasteiger partial charge in [0.15, 0.2) is 0 Å². The molecule has 164 valence electrons. The Morgan fingerprint density at radius 1 is 1.26 bits per heavy atom. The zero-order chi connectivity index (χ0) is 21.8. The molecular weight excluding hydrogens is 414 g/mol. The zero-order valence-corrected chi connectivity index (χ0v) is 18.6. The van der Waals surface area contributed by atoms with E-state index in [1.54, 1.807) is 12.1 Å². The molecule has 0 saturated carbocycles.